The van der Waals surface area contributed by atoms with Crippen molar-refractivity contribution in [2.24, 2.45) is 5.10 Å². The highest BCUT2D eigenvalue weighted by molar-refractivity contribution is 6.40. The summed E-state index contributed by atoms with van der Waals surface area (Å²) in [4.78, 5) is 11.8. The average Bonchev–Trinajstić information content (AvgIpc) is 2.79. The molecule has 5 heteroatoms. The molecule has 3 rings (SSSR count). The van der Waals surface area contributed by atoms with Gasteiger partial charge in [0, 0.05) is 12.5 Å². The molecule has 1 saturated carbocycles. The van der Waals surface area contributed by atoms with E-state index in [1.165, 1.54) is 0 Å². The third-order valence-electron chi connectivity index (χ3n) is 3.33. The van der Waals surface area contributed by atoms with Gasteiger partial charge < -0.3 is 9.47 Å². The molecule has 1 N–H and O–H groups in total. The van der Waals surface area contributed by atoms with E-state index in [1.807, 2.05) is 18.2 Å². The SMILES string of the molecule is O=C1CCCCC/C1=N\Nc1ccc2c(c1)OCO2. The Balaban J connectivity index is 1.72. The molecule has 1 aliphatic carbocycles. The van der Waals surface area contributed by atoms with Crippen LogP contribution in [0.15, 0.2) is 23.3 Å². The van der Waals surface area contributed by atoms with Crippen LogP contribution in [0, 0.1) is 0 Å². The lowest BCUT2D eigenvalue weighted by molar-refractivity contribution is -0.113. The van der Waals surface area contributed by atoms with E-state index in [1.54, 1.807) is 0 Å². The summed E-state index contributed by atoms with van der Waals surface area (Å²) in [5, 5.41) is 4.24. The van der Waals surface area contributed by atoms with Crippen LogP contribution in [-0.4, -0.2) is 18.3 Å². The Bertz CT molecular complexity index is 525. The van der Waals surface area contributed by atoms with Crippen LogP contribution in [0.4, 0.5) is 5.69 Å². The van der Waals surface area contributed by atoms with Crippen molar-refractivity contribution in [3.05, 3.63) is 18.2 Å². The van der Waals surface area contributed by atoms with Crippen molar-refractivity contribution in [1.29, 1.82) is 0 Å². The van der Waals surface area contributed by atoms with Gasteiger partial charge in [-0.05, 0) is 31.4 Å². The molecule has 0 amide bonds. The lowest BCUT2D eigenvalue weighted by Gasteiger charge is -2.04. The Kier molecular flexibility index (Phi) is 3.35. The van der Waals surface area contributed by atoms with Crippen molar-refractivity contribution in [2.75, 3.05) is 12.2 Å². The number of Topliss-reactive ketones (excluding diaryl/α,β-unsaturated/α-hetero) is 1. The van der Waals surface area contributed by atoms with Crippen molar-refractivity contribution in [2.45, 2.75) is 32.1 Å². The van der Waals surface area contributed by atoms with Gasteiger partial charge in [0.1, 0.15) is 5.71 Å². The average molecular weight is 260 g/mol. The van der Waals surface area contributed by atoms with Gasteiger partial charge in [0.25, 0.3) is 0 Å². The first kappa shape index (κ1) is 12.0. The fourth-order valence-electron chi connectivity index (χ4n) is 2.25. The van der Waals surface area contributed by atoms with Gasteiger partial charge in [-0.15, -0.1) is 0 Å². The molecule has 0 aromatic heterocycles. The maximum atomic E-state index is 11.8. The number of ether oxygens (including phenoxy) is 2. The van der Waals surface area contributed by atoms with Crippen LogP contribution < -0.4 is 14.9 Å². The predicted octanol–water partition coefficient (Wildman–Crippen LogP) is 2.72. The molecule has 0 saturated heterocycles. The van der Waals surface area contributed by atoms with Gasteiger partial charge in [0.2, 0.25) is 6.79 Å². The molecule has 19 heavy (non-hydrogen) atoms. The Morgan fingerprint density at radius 1 is 1.05 bits per heavy atom. The van der Waals surface area contributed by atoms with E-state index >= 15 is 0 Å². The van der Waals surface area contributed by atoms with Crippen LogP contribution in [0.1, 0.15) is 32.1 Å². The molecule has 0 atom stereocenters. The number of anilines is 1. The summed E-state index contributed by atoms with van der Waals surface area (Å²) in [6, 6.07) is 5.52. The number of rotatable bonds is 2. The molecule has 0 unspecified atom stereocenters. The predicted molar refractivity (Wildman–Crippen MR) is 71.7 cm³/mol. The maximum Gasteiger partial charge on any atom is 0.231 e. The van der Waals surface area contributed by atoms with Crippen molar-refractivity contribution in [3.63, 3.8) is 0 Å². The zero-order valence-electron chi connectivity index (χ0n) is 10.6. The zero-order valence-corrected chi connectivity index (χ0v) is 10.6. The molecule has 1 fully saturated rings. The Morgan fingerprint density at radius 2 is 1.89 bits per heavy atom. The number of hydrogen-bond donors (Lipinski definition) is 1. The van der Waals surface area contributed by atoms with E-state index < -0.39 is 0 Å². The van der Waals surface area contributed by atoms with Crippen molar-refractivity contribution >= 4 is 17.2 Å². The topological polar surface area (TPSA) is 59.9 Å². The second-order valence-electron chi connectivity index (χ2n) is 4.72. The Hall–Kier alpha value is -2.04. The van der Waals surface area contributed by atoms with E-state index in [-0.39, 0.29) is 12.6 Å². The molecule has 0 spiro atoms. The normalized spacial score (nSPS) is 20.4. The largest absolute Gasteiger partial charge is 0.454 e. The highest BCUT2D eigenvalue weighted by Crippen LogP contribution is 2.34. The zero-order chi connectivity index (χ0) is 13.1. The van der Waals surface area contributed by atoms with Gasteiger partial charge in [0.15, 0.2) is 17.3 Å². The van der Waals surface area contributed by atoms with Crippen LogP contribution in [-0.2, 0) is 4.79 Å². The number of hydrazone groups is 1. The third kappa shape index (κ3) is 2.70. The minimum Gasteiger partial charge on any atom is -0.454 e. The van der Waals surface area contributed by atoms with Crippen LogP contribution in [0.5, 0.6) is 11.5 Å². The summed E-state index contributed by atoms with van der Waals surface area (Å²) in [5.74, 6) is 1.60. The van der Waals surface area contributed by atoms with Crippen LogP contribution >= 0.6 is 0 Å². The van der Waals surface area contributed by atoms with Crippen molar-refractivity contribution < 1.29 is 14.3 Å². The summed E-state index contributed by atoms with van der Waals surface area (Å²) >= 11 is 0. The first-order chi connectivity index (χ1) is 9.33. The molecule has 2 aliphatic rings. The summed E-state index contributed by atoms with van der Waals surface area (Å²) < 4.78 is 10.5. The summed E-state index contributed by atoms with van der Waals surface area (Å²) in [6.07, 6.45) is 4.49. The van der Waals surface area contributed by atoms with Gasteiger partial charge in [0.05, 0.1) is 5.69 Å². The number of ketones is 1. The quantitative estimate of drug-likeness (QED) is 0.656. The first-order valence-electron chi connectivity index (χ1n) is 6.58. The standard InChI is InChI=1S/C14H16N2O3/c17-12-5-3-1-2-4-11(12)16-15-10-6-7-13-14(8-10)19-9-18-13/h6-8,15H,1-5,9H2/b16-11+. The molecule has 1 aromatic rings. The van der Waals surface area contributed by atoms with Crippen molar-refractivity contribution in [3.8, 4) is 11.5 Å². The summed E-state index contributed by atoms with van der Waals surface area (Å²) in [6.45, 7) is 0.256. The van der Waals surface area contributed by atoms with E-state index in [0.717, 1.165) is 37.1 Å². The monoisotopic (exact) mass is 260 g/mol. The number of carbonyl (C=O) groups excluding carboxylic acids is 1. The molecular weight excluding hydrogens is 244 g/mol. The molecule has 0 radical (unpaired) electrons. The van der Waals surface area contributed by atoms with Crippen molar-refractivity contribution in [1.82, 2.24) is 0 Å². The number of nitrogens with zero attached hydrogens (tertiary/aromatic N) is 1. The molecule has 1 heterocycles. The van der Waals surface area contributed by atoms with E-state index in [2.05, 4.69) is 10.5 Å². The lowest BCUT2D eigenvalue weighted by Crippen LogP contribution is -2.13. The second kappa shape index (κ2) is 5.30. The van der Waals surface area contributed by atoms with E-state index in [9.17, 15) is 4.79 Å². The molecular formula is C14H16N2O3. The molecule has 0 bridgehead atoms. The van der Waals surface area contributed by atoms with E-state index in [4.69, 9.17) is 9.47 Å². The summed E-state index contributed by atoms with van der Waals surface area (Å²) in [7, 11) is 0. The van der Waals surface area contributed by atoms with Gasteiger partial charge >= 0.3 is 0 Å². The van der Waals surface area contributed by atoms with Crippen LogP contribution in [0.2, 0.25) is 0 Å². The van der Waals surface area contributed by atoms with Gasteiger partial charge in [-0.25, -0.2) is 0 Å². The number of benzene rings is 1. The second-order valence-corrected chi connectivity index (χ2v) is 4.72. The number of fused-ring (bicyclic) bond motifs is 1. The van der Waals surface area contributed by atoms with E-state index in [0.29, 0.717) is 17.9 Å². The number of carbonyl (C=O) groups is 1. The van der Waals surface area contributed by atoms with Crippen LogP contribution in [0.25, 0.3) is 0 Å². The minimum absolute atomic E-state index is 0.158. The maximum absolute atomic E-state index is 11.8. The molecule has 1 aromatic carbocycles. The highest BCUT2D eigenvalue weighted by Gasteiger charge is 2.16. The smallest absolute Gasteiger partial charge is 0.231 e. The Morgan fingerprint density at radius 3 is 2.84 bits per heavy atom. The first-order valence-corrected chi connectivity index (χ1v) is 6.58. The molecule has 100 valence electrons. The van der Waals surface area contributed by atoms with Gasteiger partial charge in [-0.1, -0.05) is 6.42 Å². The third-order valence-corrected chi connectivity index (χ3v) is 3.33. The number of nitrogens with one attached hydrogen (secondary N) is 1. The Labute approximate surface area is 111 Å². The fourth-order valence-corrected chi connectivity index (χ4v) is 2.25. The highest BCUT2D eigenvalue weighted by atomic mass is 16.7. The molecule has 5 nitrogen and oxygen atoms in total. The number of hydrogen-bond acceptors (Lipinski definition) is 5. The lowest BCUT2D eigenvalue weighted by atomic mass is 10.1. The van der Waals surface area contributed by atoms with Gasteiger partial charge in [-0.2, -0.15) is 5.10 Å². The fraction of sp³-hybridized carbons (Fsp3) is 0.429. The molecule has 1 aliphatic heterocycles. The van der Waals surface area contributed by atoms with Gasteiger partial charge in [-0.3, -0.25) is 10.2 Å². The minimum atomic E-state index is 0.158. The summed E-state index contributed by atoms with van der Waals surface area (Å²) in [5.41, 5.74) is 4.38. The van der Waals surface area contributed by atoms with Crippen LogP contribution in [0.3, 0.4) is 0 Å².